The smallest absolute Gasteiger partial charge is 0.360 e. The standard InChI is InChI=1S/C46H31BN4/c1-3-15-32(16-4-1)35-30-42(33-17-5-2-6-18-33)49-43(31-35)41-25-14-24-40(48-41)34-19-13-20-36(29-34)50-45-27-11-12-28-46(45)51-44-26-10-8-22-38(44)37-21-7-9-23-39(37)47(50)51/h1-31H. The third-order valence-electron chi connectivity index (χ3n) is 10.0. The molecule has 4 heterocycles. The lowest BCUT2D eigenvalue weighted by Gasteiger charge is -2.36. The zero-order valence-electron chi connectivity index (χ0n) is 27.8. The summed E-state index contributed by atoms with van der Waals surface area (Å²) in [5.41, 5.74) is 16.4. The van der Waals surface area contributed by atoms with E-state index in [-0.39, 0.29) is 6.98 Å². The van der Waals surface area contributed by atoms with Crippen LogP contribution in [0.2, 0.25) is 0 Å². The van der Waals surface area contributed by atoms with Gasteiger partial charge in [-0.25, -0.2) is 9.97 Å². The van der Waals surface area contributed by atoms with E-state index in [1.165, 1.54) is 33.7 Å². The summed E-state index contributed by atoms with van der Waals surface area (Å²) in [6.45, 7) is -0.0237. The Hall–Kier alpha value is -6.72. The van der Waals surface area contributed by atoms with Gasteiger partial charge in [-0.05, 0) is 76.8 Å². The van der Waals surface area contributed by atoms with Crippen molar-refractivity contribution in [2.45, 2.75) is 0 Å². The monoisotopic (exact) mass is 650 g/mol. The molecule has 0 bridgehead atoms. The number of aromatic nitrogens is 2. The van der Waals surface area contributed by atoms with Crippen molar-refractivity contribution in [1.82, 2.24) is 9.97 Å². The average molecular weight is 651 g/mol. The molecule has 0 saturated carbocycles. The highest BCUT2D eigenvalue weighted by Crippen LogP contribution is 2.51. The fourth-order valence-electron chi connectivity index (χ4n) is 7.72. The Balaban J connectivity index is 1.08. The van der Waals surface area contributed by atoms with Gasteiger partial charge >= 0.3 is 6.98 Å². The number of para-hydroxylation sites is 3. The van der Waals surface area contributed by atoms with Crippen LogP contribution < -0.4 is 15.1 Å². The fourth-order valence-corrected chi connectivity index (χ4v) is 7.72. The lowest BCUT2D eigenvalue weighted by Crippen LogP contribution is -2.55. The molecule has 2 aromatic heterocycles. The molecule has 0 aliphatic carbocycles. The summed E-state index contributed by atoms with van der Waals surface area (Å²) in [5, 5.41) is 0. The molecule has 5 heteroatoms. The summed E-state index contributed by atoms with van der Waals surface area (Å²) >= 11 is 0. The molecule has 0 unspecified atom stereocenters. The molecular formula is C46H31BN4. The summed E-state index contributed by atoms with van der Waals surface area (Å²) in [5.74, 6) is 0. The Bertz CT molecular complexity index is 2510. The van der Waals surface area contributed by atoms with Gasteiger partial charge in [0.15, 0.2) is 0 Å². The number of anilines is 4. The second-order valence-corrected chi connectivity index (χ2v) is 13.0. The largest absolute Gasteiger partial charge is 0.421 e. The maximum atomic E-state index is 5.25. The van der Waals surface area contributed by atoms with Gasteiger partial charge in [-0.15, -0.1) is 0 Å². The van der Waals surface area contributed by atoms with Crippen molar-refractivity contribution in [3.63, 3.8) is 0 Å². The van der Waals surface area contributed by atoms with E-state index < -0.39 is 0 Å². The molecule has 0 amide bonds. The molecule has 0 atom stereocenters. The summed E-state index contributed by atoms with van der Waals surface area (Å²) in [7, 11) is 0. The summed E-state index contributed by atoms with van der Waals surface area (Å²) in [6.07, 6.45) is 0. The highest BCUT2D eigenvalue weighted by molar-refractivity contribution is 6.86. The van der Waals surface area contributed by atoms with E-state index in [9.17, 15) is 0 Å². The van der Waals surface area contributed by atoms with Crippen molar-refractivity contribution in [3.8, 4) is 56.2 Å². The van der Waals surface area contributed by atoms with Crippen molar-refractivity contribution in [1.29, 1.82) is 0 Å². The van der Waals surface area contributed by atoms with Gasteiger partial charge in [-0.1, -0.05) is 133 Å². The highest BCUT2D eigenvalue weighted by Gasteiger charge is 2.47. The van der Waals surface area contributed by atoms with E-state index in [2.05, 4.69) is 186 Å². The molecule has 0 spiro atoms. The molecule has 2 aliphatic rings. The van der Waals surface area contributed by atoms with Gasteiger partial charge in [-0.3, -0.25) is 0 Å². The number of benzene rings is 6. The lowest BCUT2D eigenvalue weighted by atomic mass is 9.59. The lowest BCUT2D eigenvalue weighted by molar-refractivity contribution is 1.25. The minimum absolute atomic E-state index is 0.0237. The van der Waals surface area contributed by atoms with Gasteiger partial charge in [0.05, 0.1) is 34.2 Å². The number of hydrogen-bond acceptors (Lipinski definition) is 4. The second-order valence-electron chi connectivity index (χ2n) is 13.0. The quantitative estimate of drug-likeness (QED) is 0.174. The number of pyridine rings is 2. The molecular weight excluding hydrogens is 619 g/mol. The Morgan fingerprint density at radius 3 is 1.71 bits per heavy atom. The molecule has 0 N–H and O–H groups in total. The third-order valence-corrected chi connectivity index (χ3v) is 10.0. The van der Waals surface area contributed by atoms with Crippen molar-refractivity contribution < 1.29 is 0 Å². The van der Waals surface area contributed by atoms with E-state index in [1.54, 1.807) is 0 Å². The minimum atomic E-state index is -0.0237. The number of fused-ring (bicyclic) bond motifs is 8. The van der Waals surface area contributed by atoms with Crippen molar-refractivity contribution in [3.05, 3.63) is 188 Å². The fraction of sp³-hybridized carbons (Fsp3) is 0. The van der Waals surface area contributed by atoms with Gasteiger partial charge in [-0.2, -0.15) is 0 Å². The Labute approximate surface area is 298 Å². The molecule has 0 radical (unpaired) electrons. The summed E-state index contributed by atoms with van der Waals surface area (Å²) in [4.78, 5) is 15.4. The molecule has 4 nitrogen and oxygen atoms in total. The van der Waals surface area contributed by atoms with Crippen molar-refractivity contribution in [2.75, 3.05) is 9.62 Å². The topological polar surface area (TPSA) is 32.3 Å². The first-order valence-corrected chi connectivity index (χ1v) is 17.4. The van der Waals surface area contributed by atoms with Gasteiger partial charge in [0, 0.05) is 28.1 Å². The number of rotatable bonds is 5. The van der Waals surface area contributed by atoms with Crippen LogP contribution in [0.3, 0.4) is 0 Å². The van der Waals surface area contributed by atoms with Gasteiger partial charge in [0.2, 0.25) is 0 Å². The summed E-state index contributed by atoms with van der Waals surface area (Å²) < 4.78 is 0. The Morgan fingerprint density at radius 2 is 0.902 bits per heavy atom. The van der Waals surface area contributed by atoms with E-state index >= 15 is 0 Å². The summed E-state index contributed by atoms with van der Waals surface area (Å²) in [6, 6.07) is 66.5. The number of hydrogen-bond donors (Lipinski definition) is 0. The van der Waals surface area contributed by atoms with Crippen molar-refractivity contribution >= 4 is 35.2 Å². The SMILES string of the molecule is c1ccc(-c2cc(-c3ccccc3)nc(-c3cccc(-c4cccc(N5B6c7ccccc7-c7ccccc7N6c6ccccc65)c4)n3)c2)cc1. The predicted molar refractivity (Wildman–Crippen MR) is 212 cm³/mol. The van der Waals surface area contributed by atoms with Crippen LogP contribution in [-0.2, 0) is 0 Å². The normalized spacial score (nSPS) is 12.6. The molecule has 0 fully saturated rings. The van der Waals surface area contributed by atoms with E-state index in [0.29, 0.717) is 0 Å². The third kappa shape index (κ3) is 4.93. The van der Waals surface area contributed by atoms with E-state index in [0.717, 1.165) is 50.7 Å². The maximum Gasteiger partial charge on any atom is 0.421 e. The van der Waals surface area contributed by atoms with Crippen LogP contribution in [0, 0.1) is 0 Å². The molecule has 0 saturated heterocycles. The molecule has 238 valence electrons. The highest BCUT2D eigenvalue weighted by atomic mass is 15.3. The second kappa shape index (κ2) is 12.0. The molecule has 10 rings (SSSR count). The van der Waals surface area contributed by atoms with Crippen LogP contribution >= 0.6 is 0 Å². The Morgan fingerprint density at radius 1 is 0.333 bits per heavy atom. The average Bonchev–Trinajstić information content (AvgIpc) is 3.57. The molecule has 6 aromatic carbocycles. The van der Waals surface area contributed by atoms with Crippen LogP contribution in [0.15, 0.2) is 188 Å². The minimum Gasteiger partial charge on any atom is -0.360 e. The zero-order valence-corrected chi connectivity index (χ0v) is 27.8. The van der Waals surface area contributed by atoms with Gasteiger partial charge in [0.1, 0.15) is 0 Å². The molecule has 2 aliphatic heterocycles. The van der Waals surface area contributed by atoms with Crippen LogP contribution in [0.4, 0.5) is 22.7 Å². The van der Waals surface area contributed by atoms with Gasteiger partial charge in [0.25, 0.3) is 0 Å². The first kappa shape index (κ1) is 29.2. The molecule has 8 aromatic rings. The van der Waals surface area contributed by atoms with E-state index in [4.69, 9.17) is 9.97 Å². The first-order chi connectivity index (χ1) is 25.3. The predicted octanol–water partition coefficient (Wildman–Crippen LogP) is 10.8. The molecule has 51 heavy (non-hydrogen) atoms. The first-order valence-electron chi connectivity index (χ1n) is 17.4. The van der Waals surface area contributed by atoms with E-state index in [1.807, 2.05) is 12.1 Å². The van der Waals surface area contributed by atoms with Crippen LogP contribution in [0.5, 0.6) is 0 Å². The van der Waals surface area contributed by atoms with Crippen LogP contribution in [-0.4, -0.2) is 17.0 Å². The number of nitrogens with zero attached hydrogens (tertiary/aromatic N) is 4. The Kier molecular flexibility index (Phi) is 6.88. The zero-order chi connectivity index (χ0) is 33.7. The van der Waals surface area contributed by atoms with Crippen LogP contribution in [0.1, 0.15) is 0 Å². The van der Waals surface area contributed by atoms with Gasteiger partial charge < -0.3 is 9.62 Å². The van der Waals surface area contributed by atoms with Crippen LogP contribution in [0.25, 0.3) is 56.2 Å². The van der Waals surface area contributed by atoms with Crippen molar-refractivity contribution in [2.24, 2.45) is 0 Å². The maximum absolute atomic E-state index is 5.25.